The zero-order valence-corrected chi connectivity index (χ0v) is 23.3. The molecule has 0 aliphatic carbocycles. The lowest BCUT2D eigenvalue weighted by molar-refractivity contribution is -0.137. The van der Waals surface area contributed by atoms with Crippen LogP contribution >= 0.6 is 27.5 Å². The van der Waals surface area contributed by atoms with Crippen LogP contribution in [0.15, 0.2) is 62.5 Å². The average molecular weight is 637 g/mol. The minimum atomic E-state index is -4.45. The predicted molar refractivity (Wildman–Crippen MR) is 150 cm³/mol. The second-order valence-electron chi connectivity index (χ2n) is 8.74. The van der Waals surface area contributed by atoms with Crippen molar-refractivity contribution in [3.8, 4) is 11.3 Å². The minimum absolute atomic E-state index is 0.161. The largest absolute Gasteiger partial charge is 0.455 e. The minimum Gasteiger partial charge on any atom is -0.455 e. The molecular formula is C26H22BrClF3N7O2. The van der Waals surface area contributed by atoms with Gasteiger partial charge >= 0.3 is 6.18 Å². The van der Waals surface area contributed by atoms with Crippen molar-refractivity contribution in [2.24, 2.45) is 5.10 Å². The number of halogens is 5. The summed E-state index contributed by atoms with van der Waals surface area (Å²) in [6.07, 6.45) is -3.07. The van der Waals surface area contributed by atoms with Gasteiger partial charge in [-0.05, 0) is 64.8 Å². The summed E-state index contributed by atoms with van der Waals surface area (Å²) in [5, 5.41) is 7.90. The van der Waals surface area contributed by atoms with E-state index in [4.69, 9.17) is 20.8 Å². The summed E-state index contributed by atoms with van der Waals surface area (Å²) in [5.41, 5.74) is 3.90. The predicted octanol–water partition coefficient (Wildman–Crippen LogP) is 6.90. The van der Waals surface area contributed by atoms with Crippen LogP contribution in [0.2, 0.25) is 5.02 Å². The third-order valence-corrected chi connectivity index (χ3v) is 6.93. The Morgan fingerprint density at radius 1 is 1.05 bits per heavy atom. The van der Waals surface area contributed by atoms with Gasteiger partial charge in [0.05, 0.1) is 30.7 Å². The normalized spacial score (nSPS) is 14.1. The Hall–Kier alpha value is -3.68. The van der Waals surface area contributed by atoms with Gasteiger partial charge in [0.1, 0.15) is 11.5 Å². The fraction of sp³-hybridized carbons (Fsp3) is 0.231. The van der Waals surface area contributed by atoms with Gasteiger partial charge in [0.25, 0.3) is 0 Å². The van der Waals surface area contributed by atoms with E-state index < -0.39 is 11.7 Å². The second-order valence-corrected chi connectivity index (χ2v) is 10.0. The number of nitrogens with zero attached hydrogens (tertiary/aromatic N) is 5. The number of aromatic nitrogens is 3. The molecule has 14 heteroatoms. The van der Waals surface area contributed by atoms with E-state index in [0.29, 0.717) is 54.3 Å². The van der Waals surface area contributed by atoms with Gasteiger partial charge in [-0.15, -0.1) is 0 Å². The van der Waals surface area contributed by atoms with Crippen molar-refractivity contribution in [1.82, 2.24) is 15.0 Å². The molecule has 9 nitrogen and oxygen atoms in total. The lowest BCUT2D eigenvalue weighted by Gasteiger charge is -2.27. The molecule has 2 aromatic carbocycles. The van der Waals surface area contributed by atoms with Crippen molar-refractivity contribution >= 4 is 57.3 Å². The number of rotatable bonds is 7. The molecule has 2 aromatic heterocycles. The molecule has 1 aliphatic rings. The molecule has 0 radical (unpaired) electrons. The summed E-state index contributed by atoms with van der Waals surface area (Å²) in [6.45, 7) is 4.20. The molecule has 5 rings (SSSR count). The first-order valence-electron chi connectivity index (χ1n) is 12.0. The number of furan rings is 1. The summed E-state index contributed by atoms with van der Waals surface area (Å²) in [6, 6.07) is 11.7. The Kier molecular flexibility index (Phi) is 8.24. The lowest BCUT2D eigenvalue weighted by atomic mass is 10.1. The van der Waals surface area contributed by atoms with Gasteiger partial charge in [-0.1, -0.05) is 23.7 Å². The van der Waals surface area contributed by atoms with Crippen molar-refractivity contribution in [3.63, 3.8) is 0 Å². The van der Waals surface area contributed by atoms with E-state index in [0.717, 1.165) is 22.2 Å². The van der Waals surface area contributed by atoms with E-state index in [1.165, 1.54) is 12.3 Å². The van der Waals surface area contributed by atoms with E-state index in [1.54, 1.807) is 24.3 Å². The van der Waals surface area contributed by atoms with Crippen LogP contribution in [0, 0.1) is 6.92 Å². The van der Waals surface area contributed by atoms with E-state index in [2.05, 4.69) is 46.7 Å². The van der Waals surface area contributed by atoms with Crippen LogP contribution in [-0.2, 0) is 10.9 Å². The molecule has 1 aliphatic heterocycles. The van der Waals surface area contributed by atoms with E-state index in [9.17, 15) is 13.2 Å². The Morgan fingerprint density at radius 2 is 1.82 bits per heavy atom. The maximum absolute atomic E-state index is 13.1. The lowest BCUT2D eigenvalue weighted by Crippen LogP contribution is -2.37. The number of hydrogen-bond donors (Lipinski definition) is 2. The first-order chi connectivity index (χ1) is 19.2. The number of hydrazone groups is 1. The molecule has 0 atom stereocenters. The summed E-state index contributed by atoms with van der Waals surface area (Å²) in [5.74, 6) is 1.45. The highest BCUT2D eigenvalue weighted by molar-refractivity contribution is 9.10. The number of morpholine rings is 1. The van der Waals surface area contributed by atoms with Gasteiger partial charge in [-0.3, -0.25) is 0 Å². The van der Waals surface area contributed by atoms with Crippen LogP contribution in [0.1, 0.15) is 16.9 Å². The van der Waals surface area contributed by atoms with E-state index in [1.807, 2.05) is 17.9 Å². The van der Waals surface area contributed by atoms with E-state index in [-0.39, 0.29) is 17.7 Å². The fourth-order valence-corrected chi connectivity index (χ4v) is 4.54. The Bertz CT molecular complexity index is 1540. The SMILES string of the molecule is Cc1cc(Br)c(Nc2nc(N/N=C/c3ccc(-c4cccc(C(F)(F)F)c4)o3)nc(N3CCOCC3)n2)cc1Cl. The number of alkyl halides is 3. The van der Waals surface area contributed by atoms with Gasteiger partial charge in [0, 0.05) is 28.1 Å². The zero-order chi connectivity index (χ0) is 28.3. The Labute approximate surface area is 240 Å². The molecule has 0 unspecified atom stereocenters. The Morgan fingerprint density at radius 3 is 2.60 bits per heavy atom. The number of aryl methyl sites for hydroxylation is 1. The number of hydrogen-bond acceptors (Lipinski definition) is 9. The van der Waals surface area contributed by atoms with Crippen LogP contribution < -0.4 is 15.6 Å². The Balaban J connectivity index is 1.36. The first kappa shape index (κ1) is 27.9. The zero-order valence-electron chi connectivity index (χ0n) is 21.0. The summed E-state index contributed by atoms with van der Waals surface area (Å²) >= 11 is 9.83. The monoisotopic (exact) mass is 635 g/mol. The number of benzene rings is 2. The van der Waals surface area contributed by atoms with Gasteiger partial charge < -0.3 is 19.4 Å². The van der Waals surface area contributed by atoms with Crippen LogP contribution in [0.25, 0.3) is 11.3 Å². The molecule has 40 heavy (non-hydrogen) atoms. The smallest absolute Gasteiger partial charge is 0.416 e. The number of ether oxygens (including phenoxy) is 1. The number of anilines is 4. The van der Waals surface area contributed by atoms with Gasteiger partial charge in [-0.25, -0.2) is 5.43 Å². The highest BCUT2D eigenvalue weighted by atomic mass is 79.9. The molecule has 1 saturated heterocycles. The standard InChI is InChI=1S/C26H22BrClF3N7O2/c1-15-11-19(27)21(13-20(15)28)33-23-34-24(36-25(35-23)38-7-9-39-10-8-38)37-32-14-18-5-6-22(40-18)16-3-2-4-17(12-16)26(29,30)31/h2-6,11-14H,7-10H2,1H3,(H2,33,34,35,36,37)/b32-14+. The van der Waals surface area contributed by atoms with Crippen LogP contribution in [0.4, 0.5) is 36.7 Å². The van der Waals surface area contributed by atoms with Crippen LogP contribution in [0.3, 0.4) is 0 Å². The third kappa shape index (κ3) is 6.72. The number of nitrogens with one attached hydrogen (secondary N) is 2. The molecule has 208 valence electrons. The highest BCUT2D eigenvalue weighted by Gasteiger charge is 2.30. The average Bonchev–Trinajstić information content (AvgIpc) is 3.41. The molecule has 3 heterocycles. The fourth-order valence-electron chi connectivity index (χ4n) is 3.82. The molecule has 2 N–H and O–H groups in total. The topological polar surface area (TPSA) is 101 Å². The molecule has 0 spiro atoms. The van der Waals surface area contributed by atoms with Crippen molar-refractivity contribution in [2.75, 3.05) is 41.9 Å². The molecule has 0 bridgehead atoms. The van der Waals surface area contributed by atoms with Crippen LogP contribution in [0.5, 0.6) is 0 Å². The summed E-state index contributed by atoms with van der Waals surface area (Å²) in [7, 11) is 0. The first-order valence-corrected chi connectivity index (χ1v) is 13.2. The maximum atomic E-state index is 13.1. The van der Waals surface area contributed by atoms with Gasteiger partial charge in [-0.2, -0.15) is 33.2 Å². The maximum Gasteiger partial charge on any atom is 0.416 e. The summed E-state index contributed by atoms with van der Waals surface area (Å²) in [4.78, 5) is 15.4. The van der Waals surface area contributed by atoms with Crippen molar-refractivity contribution in [3.05, 3.63) is 74.9 Å². The van der Waals surface area contributed by atoms with Crippen molar-refractivity contribution < 1.29 is 22.3 Å². The summed E-state index contributed by atoms with van der Waals surface area (Å²) < 4.78 is 51.1. The van der Waals surface area contributed by atoms with Gasteiger partial charge in [0.2, 0.25) is 17.8 Å². The molecular weight excluding hydrogens is 615 g/mol. The van der Waals surface area contributed by atoms with Crippen LogP contribution in [-0.4, -0.2) is 47.5 Å². The molecule has 1 fully saturated rings. The van der Waals surface area contributed by atoms with E-state index >= 15 is 0 Å². The highest BCUT2D eigenvalue weighted by Crippen LogP contribution is 2.33. The third-order valence-electron chi connectivity index (χ3n) is 5.87. The second kappa shape index (κ2) is 11.8. The molecule has 0 amide bonds. The van der Waals surface area contributed by atoms with Gasteiger partial charge in [0.15, 0.2) is 0 Å². The van der Waals surface area contributed by atoms with Crippen molar-refractivity contribution in [2.45, 2.75) is 13.1 Å². The molecule has 4 aromatic rings. The molecule has 0 saturated carbocycles. The van der Waals surface area contributed by atoms with Crippen molar-refractivity contribution in [1.29, 1.82) is 0 Å². The quantitative estimate of drug-likeness (QED) is 0.167.